The van der Waals surface area contributed by atoms with Crippen LogP contribution in [0.5, 0.6) is 0 Å². The van der Waals surface area contributed by atoms with Gasteiger partial charge < -0.3 is 18.9 Å². The molecule has 14 heavy (non-hydrogen) atoms. The van der Waals surface area contributed by atoms with Crippen molar-refractivity contribution in [1.29, 1.82) is 0 Å². The van der Waals surface area contributed by atoms with Crippen molar-refractivity contribution in [2.75, 3.05) is 40.1 Å². The van der Waals surface area contributed by atoms with Crippen molar-refractivity contribution in [3.8, 4) is 0 Å². The van der Waals surface area contributed by atoms with E-state index in [9.17, 15) is 0 Å². The summed E-state index contributed by atoms with van der Waals surface area (Å²) in [5.74, 6) is 0. The van der Waals surface area contributed by atoms with E-state index >= 15 is 0 Å². The monoisotopic (exact) mass is 206 g/mol. The van der Waals surface area contributed by atoms with Crippen molar-refractivity contribution < 1.29 is 18.9 Å². The highest BCUT2D eigenvalue weighted by Gasteiger charge is 2.06. The predicted octanol–water partition coefficient (Wildman–Crippen LogP) is 1.44. The third kappa shape index (κ3) is 8.44. The summed E-state index contributed by atoms with van der Waals surface area (Å²) in [6, 6.07) is 0. The second kappa shape index (κ2) is 10.9. The minimum atomic E-state index is -0.132. The number of methoxy groups -OCH3 is 1. The van der Waals surface area contributed by atoms with Crippen LogP contribution in [0.15, 0.2) is 0 Å². The average Bonchev–Trinajstić information content (AvgIpc) is 2.18. The van der Waals surface area contributed by atoms with Crippen LogP contribution in [0.4, 0.5) is 0 Å². The van der Waals surface area contributed by atoms with Gasteiger partial charge >= 0.3 is 0 Å². The van der Waals surface area contributed by atoms with E-state index in [4.69, 9.17) is 18.9 Å². The Labute approximate surface area is 86.5 Å². The second-order valence-corrected chi connectivity index (χ2v) is 2.73. The first-order valence-electron chi connectivity index (χ1n) is 5.15. The summed E-state index contributed by atoms with van der Waals surface area (Å²) < 4.78 is 20.9. The molecule has 0 unspecified atom stereocenters. The van der Waals surface area contributed by atoms with Gasteiger partial charge in [-0.1, -0.05) is 0 Å². The van der Waals surface area contributed by atoms with Gasteiger partial charge in [0.05, 0.1) is 19.8 Å². The molecule has 0 N–H and O–H groups in total. The molecule has 0 aliphatic carbocycles. The van der Waals surface area contributed by atoms with E-state index in [0.717, 1.165) is 6.42 Å². The van der Waals surface area contributed by atoms with Crippen LogP contribution >= 0.6 is 0 Å². The maximum Gasteiger partial charge on any atom is 0.159 e. The zero-order chi connectivity index (χ0) is 10.6. The van der Waals surface area contributed by atoms with Crippen molar-refractivity contribution in [3.05, 3.63) is 0 Å². The zero-order valence-corrected chi connectivity index (χ0v) is 9.45. The highest BCUT2D eigenvalue weighted by atomic mass is 16.7. The van der Waals surface area contributed by atoms with Crippen LogP contribution in [-0.2, 0) is 18.9 Å². The lowest BCUT2D eigenvalue weighted by Gasteiger charge is -2.16. The second-order valence-electron chi connectivity index (χ2n) is 2.73. The lowest BCUT2D eigenvalue weighted by atomic mass is 10.4. The van der Waals surface area contributed by atoms with Gasteiger partial charge in [-0.25, -0.2) is 0 Å². The molecule has 86 valence electrons. The highest BCUT2D eigenvalue weighted by Crippen LogP contribution is 2.01. The first-order valence-corrected chi connectivity index (χ1v) is 5.15. The van der Waals surface area contributed by atoms with Crippen LogP contribution in [0.1, 0.15) is 20.3 Å². The fraction of sp³-hybridized carbons (Fsp3) is 1.00. The molecular weight excluding hydrogens is 184 g/mol. The molecule has 0 aromatic heterocycles. The maximum atomic E-state index is 5.36. The lowest BCUT2D eigenvalue weighted by Crippen LogP contribution is -2.20. The Bertz CT molecular complexity index is 102. The van der Waals surface area contributed by atoms with E-state index in [1.165, 1.54) is 0 Å². The van der Waals surface area contributed by atoms with Gasteiger partial charge in [0.15, 0.2) is 6.29 Å². The number of rotatable bonds is 10. The summed E-state index contributed by atoms with van der Waals surface area (Å²) in [5, 5.41) is 0. The molecule has 0 saturated heterocycles. The van der Waals surface area contributed by atoms with Crippen LogP contribution in [0.3, 0.4) is 0 Å². The van der Waals surface area contributed by atoms with Crippen LogP contribution < -0.4 is 0 Å². The molecule has 4 nitrogen and oxygen atoms in total. The largest absolute Gasteiger partial charge is 0.382 e. The lowest BCUT2D eigenvalue weighted by molar-refractivity contribution is -0.147. The molecule has 0 heterocycles. The molecular formula is C10H22O4. The third-order valence-corrected chi connectivity index (χ3v) is 1.63. The maximum absolute atomic E-state index is 5.36. The smallest absolute Gasteiger partial charge is 0.159 e. The summed E-state index contributed by atoms with van der Waals surface area (Å²) in [4.78, 5) is 0. The molecule has 0 saturated carbocycles. The van der Waals surface area contributed by atoms with Crippen molar-refractivity contribution in [2.45, 2.75) is 26.6 Å². The van der Waals surface area contributed by atoms with Gasteiger partial charge in [0.1, 0.15) is 0 Å². The van der Waals surface area contributed by atoms with Crippen molar-refractivity contribution in [2.24, 2.45) is 0 Å². The van der Waals surface area contributed by atoms with Crippen molar-refractivity contribution in [3.63, 3.8) is 0 Å². The number of ether oxygens (including phenoxy) is 4. The molecule has 0 aliphatic heterocycles. The van der Waals surface area contributed by atoms with E-state index in [-0.39, 0.29) is 6.29 Å². The molecule has 0 rings (SSSR count). The molecule has 0 aromatic rings. The Morgan fingerprint density at radius 3 is 2.07 bits per heavy atom. The van der Waals surface area contributed by atoms with Crippen LogP contribution in [-0.4, -0.2) is 46.4 Å². The molecule has 0 aliphatic rings. The topological polar surface area (TPSA) is 36.9 Å². The van der Waals surface area contributed by atoms with E-state index in [2.05, 4.69) is 0 Å². The number of hydrogen-bond donors (Lipinski definition) is 0. The average molecular weight is 206 g/mol. The van der Waals surface area contributed by atoms with Gasteiger partial charge in [0.2, 0.25) is 0 Å². The summed E-state index contributed by atoms with van der Waals surface area (Å²) in [6.45, 7) is 7.16. The van der Waals surface area contributed by atoms with Crippen LogP contribution in [0.25, 0.3) is 0 Å². The predicted molar refractivity (Wildman–Crippen MR) is 54.4 cm³/mol. The highest BCUT2D eigenvalue weighted by molar-refractivity contribution is 4.44. The summed E-state index contributed by atoms with van der Waals surface area (Å²) in [6.07, 6.45) is 0.637. The SMILES string of the molecule is CCOC(CCOCCOC)OCC. The minimum Gasteiger partial charge on any atom is -0.382 e. The third-order valence-electron chi connectivity index (χ3n) is 1.63. The summed E-state index contributed by atoms with van der Waals surface area (Å²) in [7, 11) is 1.66. The van der Waals surface area contributed by atoms with Gasteiger partial charge in [0.25, 0.3) is 0 Å². The summed E-state index contributed by atoms with van der Waals surface area (Å²) in [5.41, 5.74) is 0. The molecule has 0 radical (unpaired) electrons. The Morgan fingerprint density at radius 1 is 0.929 bits per heavy atom. The van der Waals surface area contributed by atoms with Gasteiger partial charge in [-0.3, -0.25) is 0 Å². The van der Waals surface area contributed by atoms with Crippen LogP contribution in [0.2, 0.25) is 0 Å². The fourth-order valence-corrected chi connectivity index (χ4v) is 1.01. The molecule has 0 atom stereocenters. The fourth-order valence-electron chi connectivity index (χ4n) is 1.01. The van der Waals surface area contributed by atoms with Crippen LogP contribution in [0, 0.1) is 0 Å². The van der Waals surface area contributed by atoms with Gasteiger partial charge in [0, 0.05) is 26.7 Å². The van der Waals surface area contributed by atoms with E-state index < -0.39 is 0 Å². The van der Waals surface area contributed by atoms with Gasteiger partial charge in [-0.15, -0.1) is 0 Å². The Hall–Kier alpha value is -0.160. The molecule has 0 aromatic carbocycles. The van der Waals surface area contributed by atoms with E-state index in [1.54, 1.807) is 7.11 Å². The Morgan fingerprint density at radius 2 is 1.57 bits per heavy atom. The van der Waals surface area contributed by atoms with Crippen molar-refractivity contribution in [1.82, 2.24) is 0 Å². The number of hydrogen-bond acceptors (Lipinski definition) is 4. The summed E-state index contributed by atoms with van der Waals surface area (Å²) >= 11 is 0. The van der Waals surface area contributed by atoms with Crippen molar-refractivity contribution >= 4 is 0 Å². The van der Waals surface area contributed by atoms with E-state index in [0.29, 0.717) is 33.0 Å². The standard InChI is InChI=1S/C10H22O4/c1-4-13-10(14-5-2)6-7-12-9-8-11-3/h10H,4-9H2,1-3H3. The minimum absolute atomic E-state index is 0.132. The molecule has 0 bridgehead atoms. The quantitative estimate of drug-likeness (QED) is 0.400. The van der Waals surface area contributed by atoms with E-state index in [1.807, 2.05) is 13.8 Å². The first-order chi connectivity index (χ1) is 6.85. The van der Waals surface area contributed by atoms with Gasteiger partial charge in [-0.2, -0.15) is 0 Å². The normalized spacial score (nSPS) is 11.1. The first kappa shape index (κ1) is 13.8. The Balaban J connectivity index is 3.30. The zero-order valence-electron chi connectivity index (χ0n) is 9.45. The molecule has 4 heteroatoms. The molecule has 0 spiro atoms. The Kier molecular flexibility index (Phi) is 10.8. The molecule has 0 amide bonds. The van der Waals surface area contributed by atoms with Gasteiger partial charge in [-0.05, 0) is 13.8 Å². The molecule has 0 fully saturated rings.